The van der Waals surface area contributed by atoms with E-state index in [9.17, 15) is 4.79 Å². The van der Waals surface area contributed by atoms with Crippen LogP contribution in [0.4, 0.5) is 0 Å². The van der Waals surface area contributed by atoms with Gasteiger partial charge in [0, 0.05) is 18.2 Å². The molecule has 2 aliphatic rings. The summed E-state index contributed by atoms with van der Waals surface area (Å²) < 4.78 is 26.5. The van der Waals surface area contributed by atoms with Crippen molar-refractivity contribution in [2.24, 2.45) is 0 Å². The molecule has 7 nitrogen and oxygen atoms in total. The van der Waals surface area contributed by atoms with Crippen LogP contribution in [0.3, 0.4) is 0 Å². The molecule has 6 rings (SSSR count). The molecular weight excluding hydrogens is 524 g/mol. The number of aromatic nitrogens is 2. The minimum Gasteiger partial charge on any atom is -0.367 e. The second kappa shape index (κ2) is 10.9. The van der Waals surface area contributed by atoms with Crippen LogP contribution in [-0.2, 0) is 31.0 Å². The number of nitrogens with one attached hydrogen (secondary N) is 2. The van der Waals surface area contributed by atoms with Crippen LogP contribution in [0.1, 0.15) is 36.1 Å². The zero-order valence-electron chi connectivity index (χ0n) is 22.4. The third-order valence-corrected chi connectivity index (χ3v) is 7.79. The zero-order chi connectivity index (χ0) is 27.7. The average molecular weight is 557 g/mol. The molecule has 0 saturated carbocycles. The van der Waals surface area contributed by atoms with Crippen LogP contribution in [0.15, 0.2) is 102 Å². The van der Waals surface area contributed by atoms with Gasteiger partial charge in [0.1, 0.15) is 23.9 Å². The van der Waals surface area contributed by atoms with E-state index in [1.54, 1.807) is 6.20 Å². The minimum atomic E-state index is -0.888. The highest BCUT2D eigenvalue weighted by molar-refractivity contribution is 7.71. The third kappa shape index (κ3) is 5.09. The summed E-state index contributed by atoms with van der Waals surface area (Å²) in [4.78, 5) is 18.1. The average Bonchev–Trinajstić information content (AvgIpc) is 3.45. The van der Waals surface area contributed by atoms with Crippen molar-refractivity contribution in [2.45, 2.75) is 56.1 Å². The Morgan fingerprint density at radius 1 is 0.825 bits per heavy atom. The summed E-state index contributed by atoms with van der Waals surface area (Å²) in [6.45, 7) is 4.04. The summed E-state index contributed by atoms with van der Waals surface area (Å²) >= 11 is 5.05. The lowest BCUT2D eigenvalue weighted by molar-refractivity contribution is -0.195. The first-order valence-corrected chi connectivity index (χ1v) is 13.9. The molecule has 0 radical (unpaired) electrons. The summed E-state index contributed by atoms with van der Waals surface area (Å²) in [6, 6.07) is 30.7. The lowest BCUT2D eigenvalue weighted by Gasteiger charge is -2.37. The predicted molar refractivity (Wildman–Crippen MR) is 154 cm³/mol. The van der Waals surface area contributed by atoms with Gasteiger partial charge in [-0.15, -0.1) is 0 Å². The highest BCUT2D eigenvalue weighted by atomic mass is 32.1. The molecule has 2 fully saturated rings. The van der Waals surface area contributed by atoms with Crippen molar-refractivity contribution in [2.75, 3.05) is 6.61 Å². The molecule has 2 saturated heterocycles. The molecule has 40 heavy (non-hydrogen) atoms. The Kier molecular flexibility index (Phi) is 7.29. The quantitative estimate of drug-likeness (QED) is 0.227. The van der Waals surface area contributed by atoms with Crippen molar-refractivity contribution < 1.29 is 18.9 Å². The molecule has 4 aromatic rings. The fourth-order valence-electron chi connectivity index (χ4n) is 5.85. The maximum absolute atomic E-state index is 12.6. The molecule has 0 amide bonds. The van der Waals surface area contributed by atoms with Crippen molar-refractivity contribution in [3.63, 3.8) is 0 Å². The predicted octanol–water partition coefficient (Wildman–Crippen LogP) is 5.27. The van der Waals surface area contributed by atoms with E-state index in [1.807, 2.05) is 68.4 Å². The topological polar surface area (TPSA) is 85.6 Å². The van der Waals surface area contributed by atoms with Crippen molar-refractivity contribution in [1.82, 2.24) is 9.97 Å². The van der Waals surface area contributed by atoms with Gasteiger partial charge < -0.3 is 23.9 Å². The molecule has 2 aliphatic heterocycles. The standard InChI is InChI=1S/C32H32N2O5S/c1-31(2)38-27-25(18-21-19-33-30(40)34-29(21)35)37-26(28(27)39-31)20-36-32(22-12-6-3-7-13-22,23-14-8-4-9-15-23)24-16-10-5-11-17-24/h3-17,19,25-28H,18,20H2,1-2H3,(H2,33,34,35,40)/t25-,26+,27-,28+/m0/s1. The molecule has 206 valence electrons. The van der Waals surface area contributed by atoms with Gasteiger partial charge in [0.25, 0.3) is 5.56 Å². The van der Waals surface area contributed by atoms with Gasteiger partial charge in [0.2, 0.25) is 0 Å². The van der Waals surface area contributed by atoms with Crippen LogP contribution in [0, 0.1) is 4.77 Å². The highest BCUT2D eigenvalue weighted by Gasteiger charge is 2.55. The van der Waals surface area contributed by atoms with Gasteiger partial charge in [-0.1, -0.05) is 91.0 Å². The largest absolute Gasteiger partial charge is 0.367 e. The molecule has 0 unspecified atom stereocenters. The van der Waals surface area contributed by atoms with Gasteiger partial charge in [0.05, 0.1) is 12.7 Å². The van der Waals surface area contributed by atoms with Gasteiger partial charge >= 0.3 is 0 Å². The van der Waals surface area contributed by atoms with E-state index in [4.69, 9.17) is 31.2 Å². The lowest BCUT2D eigenvalue weighted by atomic mass is 9.80. The smallest absolute Gasteiger partial charge is 0.254 e. The zero-order valence-corrected chi connectivity index (χ0v) is 23.2. The van der Waals surface area contributed by atoms with Gasteiger partial charge in [0.15, 0.2) is 10.6 Å². The fraction of sp³-hybridized carbons (Fsp3) is 0.312. The first-order valence-electron chi connectivity index (χ1n) is 13.5. The number of H-pyrrole nitrogens is 2. The van der Waals surface area contributed by atoms with Crippen molar-refractivity contribution in [3.8, 4) is 0 Å². The van der Waals surface area contributed by atoms with Crippen LogP contribution in [-0.4, -0.2) is 46.8 Å². The molecule has 0 aliphatic carbocycles. The summed E-state index contributed by atoms with van der Waals surface area (Å²) in [6.07, 6.45) is 0.445. The Morgan fingerprint density at radius 2 is 1.32 bits per heavy atom. The first kappa shape index (κ1) is 26.8. The normalized spacial score (nSPS) is 23.6. The fourth-order valence-corrected chi connectivity index (χ4v) is 6.00. The van der Waals surface area contributed by atoms with E-state index in [0.717, 1.165) is 16.7 Å². The number of aromatic amines is 2. The summed E-state index contributed by atoms with van der Waals surface area (Å²) in [7, 11) is 0. The van der Waals surface area contributed by atoms with Gasteiger partial charge in [-0.25, -0.2) is 0 Å². The molecule has 4 atom stereocenters. The van der Waals surface area contributed by atoms with E-state index < -0.39 is 23.6 Å². The summed E-state index contributed by atoms with van der Waals surface area (Å²) in [5.41, 5.74) is 2.44. The van der Waals surface area contributed by atoms with Crippen LogP contribution in [0.25, 0.3) is 0 Å². The number of hydrogen-bond donors (Lipinski definition) is 2. The van der Waals surface area contributed by atoms with E-state index in [1.165, 1.54) is 0 Å². The molecule has 3 heterocycles. The maximum atomic E-state index is 12.6. The Morgan fingerprint density at radius 3 is 1.82 bits per heavy atom. The Hall–Kier alpha value is -3.40. The number of hydrogen-bond acceptors (Lipinski definition) is 6. The summed E-state index contributed by atoms with van der Waals surface area (Å²) in [5.74, 6) is -0.784. The van der Waals surface area contributed by atoms with Crippen molar-refractivity contribution >= 4 is 12.2 Å². The van der Waals surface area contributed by atoms with Crippen LogP contribution in [0.2, 0.25) is 0 Å². The summed E-state index contributed by atoms with van der Waals surface area (Å²) in [5, 5.41) is 0. The number of fused-ring (bicyclic) bond motifs is 1. The molecule has 0 bridgehead atoms. The second-order valence-corrected chi connectivity index (χ2v) is 11.1. The SMILES string of the molecule is CC1(C)O[C@@H]2[C@H](O1)[C@@H](COC(c1ccccc1)(c1ccccc1)c1ccccc1)O[C@H]2Cc1c[nH]c(=S)[nH]c1=O. The van der Waals surface area contributed by atoms with Gasteiger partial charge in [-0.3, -0.25) is 9.78 Å². The highest BCUT2D eigenvalue weighted by Crippen LogP contribution is 2.43. The van der Waals surface area contributed by atoms with Crippen LogP contribution >= 0.6 is 12.2 Å². The molecule has 0 spiro atoms. The number of rotatable bonds is 8. The molecule has 2 N–H and O–H groups in total. The number of benzene rings is 3. The number of ether oxygens (including phenoxy) is 4. The Balaban J connectivity index is 1.36. The van der Waals surface area contributed by atoms with Crippen LogP contribution < -0.4 is 5.56 Å². The molecule has 8 heteroatoms. The van der Waals surface area contributed by atoms with E-state index in [-0.39, 0.29) is 29.1 Å². The van der Waals surface area contributed by atoms with Crippen molar-refractivity contribution in [3.05, 3.63) is 135 Å². The van der Waals surface area contributed by atoms with Gasteiger partial charge in [-0.2, -0.15) is 0 Å². The monoisotopic (exact) mass is 556 g/mol. The van der Waals surface area contributed by atoms with Gasteiger partial charge in [-0.05, 0) is 42.8 Å². The molecule has 3 aromatic carbocycles. The molecular formula is C32H32N2O5S. The maximum Gasteiger partial charge on any atom is 0.254 e. The van der Waals surface area contributed by atoms with E-state index >= 15 is 0 Å². The minimum absolute atomic E-state index is 0.238. The van der Waals surface area contributed by atoms with Crippen LogP contribution in [0.5, 0.6) is 0 Å². The van der Waals surface area contributed by atoms with E-state index in [2.05, 4.69) is 46.4 Å². The van der Waals surface area contributed by atoms with E-state index in [0.29, 0.717) is 12.0 Å². The Bertz CT molecular complexity index is 1460. The van der Waals surface area contributed by atoms with Crippen molar-refractivity contribution in [1.29, 1.82) is 0 Å². The first-order chi connectivity index (χ1) is 19.4. The molecule has 1 aromatic heterocycles. The Labute approximate surface area is 238 Å². The third-order valence-electron chi connectivity index (χ3n) is 7.57. The second-order valence-electron chi connectivity index (χ2n) is 10.7. The lowest BCUT2D eigenvalue weighted by Crippen LogP contribution is -2.39.